The van der Waals surface area contributed by atoms with Gasteiger partial charge in [0.25, 0.3) is 5.91 Å². The van der Waals surface area contributed by atoms with Gasteiger partial charge in [0.05, 0.1) is 0 Å². The van der Waals surface area contributed by atoms with Gasteiger partial charge < -0.3 is 4.90 Å². The molecular weight excluding hydrogens is 210 g/mol. The molecule has 0 atom stereocenters. The van der Waals surface area contributed by atoms with Gasteiger partial charge in [0.1, 0.15) is 0 Å². The molecule has 0 bridgehead atoms. The summed E-state index contributed by atoms with van der Waals surface area (Å²) in [4.78, 5) is 13.3. The van der Waals surface area contributed by atoms with Gasteiger partial charge in [-0.3, -0.25) is 4.79 Å². The number of benzene rings is 1. The van der Waals surface area contributed by atoms with Crippen LogP contribution in [0.25, 0.3) is 6.08 Å². The highest BCUT2D eigenvalue weighted by molar-refractivity contribution is 5.94. The summed E-state index contributed by atoms with van der Waals surface area (Å²) in [7, 11) is 3.52. The molecule has 1 aromatic rings. The van der Waals surface area contributed by atoms with Crippen LogP contribution in [0, 0.1) is 5.41 Å². The summed E-state index contributed by atoms with van der Waals surface area (Å²) in [6.45, 7) is 6.48. The molecule has 0 aliphatic rings. The van der Waals surface area contributed by atoms with Gasteiger partial charge >= 0.3 is 0 Å². The fourth-order valence-electron chi connectivity index (χ4n) is 1.34. The molecule has 0 aliphatic heterocycles. The van der Waals surface area contributed by atoms with Gasteiger partial charge in [0, 0.05) is 19.7 Å². The topological polar surface area (TPSA) is 20.3 Å². The third kappa shape index (κ3) is 4.43. The Morgan fingerprint density at radius 3 is 2.06 bits per heavy atom. The second-order valence-corrected chi connectivity index (χ2v) is 5.52. The monoisotopic (exact) mass is 231 g/mol. The average Bonchev–Trinajstić information content (AvgIpc) is 2.25. The number of hydrogen-bond donors (Lipinski definition) is 0. The van der Waals surface area contributed by atoms with Crippen LogP contribution in [0.3, 0.4) is 0 Å². The Hall–Kier alpha value is -1.57. The first-order valence-electron chi connectivity index (χ1n) is 5.80. The van der Waals surface area contributed by atoms with E-state index in [1.807, 2.05) is 24.3 Å². The number of carbonyl (C=O) groups excluding carboxylic acids is 1. The van der Waals surface area contributed by atoms with E-state index in [4.69, 9.17) is 0 Å². The van der Waals surface area contributed by atoms with Gasteiger partial charge in [-0.05, 0) is 23.1 Å². The van der Waals surface area contributed by atoms with E-state index in [1.54, 1.807) is 19.0 Å². The molecule has 0 aromatic heterocycles. The molecule has 2 heteroatoms. The molecule has 0 radical (unpaired) electrons. The molecule has 0 spiro atoms. The van der Waals surface area contributed by atoms with Crippen molar-refractivity contribution < 1.29 is 4.79 Å². The number of amides is 1. The second-order valence-electron chi connectivity index (χ2n) is 5.52. The van der Waals surface area contributed by atoms with E-state index in [1.165, 1.54) is 0 Å². The van der Waals surface area contributed by atoms with E-state index < -0.39 is 0 Å². The first-order valence-corrected chi connectivity index (χ1v) is 5.80. The average molecular weight is 231 g/mol. The number of rotatable bonds is 2. The highest BCUT2D eigenvalue weighted by atomic mass is 16.2. The first-order chi connectivity index (χ1) is 7.79. The number of nitrogens with zero attached hydrogens (tertiary/aromatic N) is 1. The van der Waals surface area contributed by atoms with Crippen LogP contribution in [0.4, 0.5) is 0 Å². The zero-order valence-electron chi connectivity index (χ0n) is 11.3. The Bertz CT molecular complexity index is 408. The van der Waals surface area contributed by atoms with Crippen molar-refractivity contribution in [2.45, 2.75) is 20.8 Å². The summed E-state index contributed by atoms with van der Waals surface area (Å²) < 4.78 is 0. The molecule has 1 amide bonds. The largest absolute Gasteiger partial charge is 0.345 e. The molecule has 0 heterocycles. The van der Waals surface area contributed by atoms with E-state index in [-0.39, 0.29) is 11.3 Å². The Morgan fingerprint density at radius 1 is 1.12 bits per heavy atom. The number of hydrogen-bond acceptors (Lipinski definition) is 1. The van der Waals surface area contributed by atoms with Crippen molar-refractivity contribution in [1.82, 2.24) is 4.90 Å². The molecule has 0 N–H and O–H groups in total. The number of allylic oxidation sites excluding steroid dienone is 1. The zero-order chi connectivity index (χ0) is 13.1. The van der Waals surface area contributed by atoms with E-state index in [0.717, 1.165) is 11.1 Å². The van der Waals surface area contributed by atoms with E-state index in [9.17, 15) is 4.79 Å². The van der Waals surface area contributed by atoms with Crippen molar-refractivity contribution in [3.63, 3.8) is 0 Å². The lowest BCUT2D eigenvalue weighted by Gasteiger charge is -2.12. The minimum atomic E-state index is 0.0383. The Labute approximate surface area is 104 Å². The molecule has 17 heavy (non-hydrogen) atoms. The second kappa shape index (κ2) is 5.17. The summed E-state index contributed by atoms with van der Waals surface area (Å²) >= 11 is 0. The summed E-state index contributed by atoms with van der Waals surface area (Å²) in [5, 5.41) is 0. The predicted octanol–water partition coefficient (Wildman–Crippen LogP) is 3.45. The van der Waals surface area contributed by atoms with Crippen molar-refractivity contribution in [3.8, 4) is 0 Å². The minimum Gasteiger partial charge on any atom is -0.345 e. The molecule has 0 saturated carbocycles. The van der Waals surface area contributed by atoms with Crippen LogP contribution in [0.1, 0.15) is 36.7 Å². The van der Waals surface area contributed by atoms with Crippen LogP contribution in [-0.4, -0.2) is 24.9 Å². The maximum atomic E-state index is 11.7. The van der Waals surface area contributed by atoms with Gasteiger partial charge in [0.2, 0.25) is 0 Å². The molecule has 0 fully saturated rings. The Balaban J connectivity index is 2.82. The molecule has 0 saturated heterocycles. The lowest BCUT2D eigenvalue weighted by molar-refractivity contribution is 0.0827. The molecule has 0 aliphatic carbocycles. The molecule has 0 unspecified atom stereocenters. The van der Waals surface area contributed by atoms with Crippen LogP contribution in [0.15, 0.2) is 30.3 Å². The van der Waals surface area contributed by atoms with Gasteiger partial charge in [-0.25, -0.2) is 0 Å². The predicted molar refractivity (Wildman–Crippen MR) is 72.9 cm³/mol. The summed E-state index contributed by atoms with van der Waals surface area (Å²) in [6, 6.07) is 7.67. The number of carbonyl (C=O) groups is 1. The fraction of sp³-hybridized carbons (Fsp3) is 0.400. The summed E-state index contributed by atoms with van der Waals surface area (Å²) in [5.41, 5.74) is 2.02. The maximum absolute atomic E-state index is 11.7. The van der Waals surface area contributed by atoms with Crippen molar-refractivity contribution in [2.75, 3.05) is 14.1 Å². The van der Waals surface area contributed by atoms with Crippen molar-refractivity contribution in [3.05, 3.63) is 41.5 Å². The highest BCUT2D eigenvalue weighted by Gasteiger charge is 2.07. The third-order valence-corrected chi connectivity index (χ3v) is 2.34. The SMILES string of the molecule is CN(C)C(=O)c1ccc(C=CC(C)(C)C)cc1. The van der Waals surface area contributed by atoms with Gasteiger partial charge in [-0.1, -0.05) is 45.1 Å². The van der Waals surface area contributed by atoms with E-state index in [2.05, 4.69) is 32.9 Å². The third-order valence-electron chi connectivity index (χ3n) is 2.34. The van der Waals surface area contributed by atoms with Crippen LogP contribution < -0.4 is 0 Å². The molecular formula is C15H21NO. The van der Waals surface area contributed by atoms with Gasteiger partial charge in [-0.15, -0.1) is 0 Å². The van der Waals surface area contributed by atoms with Crippen molar-refractivity contribution >= 4 is 12.0 Å². The standard InChI is InChI=1S/C15H21NO/c1-15(2,3)11-10-12-6-8-13(9-7-12)14(17)16(4)5/h6-11H,1-5H3. The van der Waals surface area contributed by atoms with Crippen molar-refractivity contribution in [2.24, 2.45) is 5.41 Å². The smallest absolute Gasteiger partial charge is 0.253 e. The van der Waals surface area contributed by atoms with Crippen LogP contribution in [0.5, 0.6) is 0 Å². The lowest BCUT2D eigenvalue weighted by Crippen LogP contribution is -2.21. The van der Waals surface area contributed by atoms with Crippen LogP contribution in [-0.2, 0) is 0 Å². The summed E-state index contributed by atoms with van der Waals surface area (Å²) in [6.07, 6.45) is 4.25. The van der Waals surface area contributed by atoms with Crippen LogP contribution in [0.2, 0.25) is 0 Å². The van der Waals surface area contributed by atoms with E-state index in [0.29, 0.717) is 0 Å². The van der Waals surface area contributed by atoms with Crippen LogP contribution >= 0.6 is 0 Å². The normalized spacial score (nSPS) is 11.8. The first kappa shape index (κ1) is 13.5. The lowest BCUT2D eigenvalue weighted by atomic mass is 9.95. The van der Waals surface area contributed by atoms with Crippen molar-refractivity contribution in [1.29, 1.82) is 0 Å². The van der Waals surface area contributed by atoms with Gasteiger partial charge in [-0.2, -0.15) is 0 Å². The molecule has 1 rings (SSSR count). The molecule has 2 nitrogen and oxygen atoms in total. The van der Waals surface area contributed by atoms with Gasteiger partial charge in [0.15, 0.2) is 0 Å². The minimum absolute atomic E-state index is 0.0383. The molecule has 1 aromatic carbocycles. The Kier molecular flexibility index (Phi) is 4.11. The quantitative estimate of drug-likeness (QED) is 0.763. The van der Waals surface area contributed by atoms with E-state index >= 15 is 0 Å². The maximum Gasteiger partial charge on any atom is 0.253 e. The summed E-state index contributed by atoms with van der Waals surface area (Å²) in [5.74, 6) is 0.0383. The molecule has 92 valence electrons. The fourth-order valence-corrected chi connectivity index (χ4v) is 1.34. The zero-order valence-corrected chi connectivity index (χ0v) is 11.3. The highest BCUT2D eigenvalue weighted by Crippen LogP contribution is 2.17. The Morgan fingerprint density at radius 2 is 1.65 bits per heavy atom.